The van der Waals surface area contributed by atoms with Gasteiger partial charge >= 0.3 is 0 Å². The second-order valence-electron chi connectivity index (χ2n) is 13.3. The largest absolute Gasteiger partial charge is 0.135 e. The molecule has 0 spiro atoms. The number of rotatable bonds is 3. The van der Waals surface area contributed by atoms with Gasteiger partial charge in [-0.2, -0.15) is 0 Å². The van der Waals surface area contributed by atoms with Crippen molar-refractivity contribution in [2.24, 2.45) is 0 Å². The van der Waals surface area contributed by atoms with Gasteiger partial charge in [0.15, 0.2) is 0 Å². The molecule has 0 atom stereocenters. The van der Waals surface area contributed by atoms with Crippen molar-refractivity contribution < 1.29 is 0 Å². The van der Waals surface area contributed by atoms with Gasteiger partial charge in [-0.1, -0.05) is 129 Å². The van der Waals surface area contributed by atoms with E-state index in [0.717, 1.165) is 12.8 Å². The lowest BCUT2D eigenvalue weighted by Gasteiger charge is -2.23. The van der Waals surface area contributed by atoms with Crippen molar-refractivity contribution in [2.75, 3.05) is 0 Å². The van der Waals surface area contributed by atoms with Crippen molar-refractivity contribution in [3.05, 3.63) is 154 Å². The first-order valence-corrected chi connectivity index (χ1v) is 18.6. The predicted molar refractivity (Wildman–Crippen MR) is 218 cm³/mol. The molecule has 0 saturated heterocycles. The fraction of sp³-hybridized carbons (Fsp3) is 0.167. The van der Waals surface area contributed by atoms with Crippen molar-refractivity contribution in [1.29, 1.82) is 0 Å². The number of benzene rings is 7. The Bertz CT molecular complexity index is 2540. The minimum atomic E-state index is 1.04. The quantitative estimate of drug-likeness (QED) is 0.167. The maximum Gasteiger partial charge on any atom is 0.0390 e. The van der Waals surface area contributed by atoms with Gasteiger partial charge in [0, 0.05) is 20.2 Å². The van der Waals surface area contributed by atoms with Crippen LogP contribution < -0.4 is 0 Å². The van der Waals surface area contributed by atoms with E-state index in [0.29, 0.717) is 0 Å². The van der Waals surface area contributed by atoms with Crippen LogP contribution in [0.25, 0.3) is 75.6 Å². The molecule has 0 nitrogen and oxygen atoms in total. The van der Waals surface area contributed by atoms with Crippen LogP contribution in [0.4, 0.5) is 0 Å². The molecule has 0 fully saturated rings. The summed E-state index contributed by atoms with van der Waals surface area (Å²) in [5.41, 5.74) is 16.6. The number of fused-ring (bicyclic) bond motifs is 6. The highest BCUT2D eigenvalue weighted by molar-refractivity contribution is 7.26. The van der Waals surface area contributed by atoms with Crippen molar-refractivity contribution in [3.63, 3.8) is 0 Å². The molecular formula is C48H42S. The molecule has 49 heavy (non-hydrogen) atoms. The fourth-order valence-corrected chi connectivity index (χ4v) is 9.55. The molecule has 0 saturated carbocycles. The van der Waals surface area contributed by atoms with E-state index < -0.39 is 0 Å². The molecule has 0 amide bonds. The highest BCUT2D eigenvalue weighted by atomic mass is 32.1. The molecule has 0 aliphatic heterocycles. The van der Waals surface area contributed by atoms with Gasteiger partial charge in [0.05, 0.1) is 0 Å². The molecular weight excluding hydrogens is 609 g/mol. The summed E-state index contributed by atoms with van der Waals surface area (Å²) in [5, 5.41) is 8.08. The average molecular weight is 651 g/mol. The van der Waals surface area contributed by atoms with Crippen molar-refractivity contribution in [1.82, 2.24) is 0 Å². The summed E-state index contributed by atoms with van der Waals surface area (Å²) < 4.78 is 2.80. The first-order chi connectivity index (χ1) is 24.0. The van der Waals surface area contributed by atoms with E-state index in [-0.39, 0.29) is 0 Å². The maximum atomic E-state index is 2.46. The standard InChI is InChI=1S/C46H36S.C2H6/c1-27-28(2)30(4)46-43(29(27)3)41-24-22-34(26-42(41)47-46)44-37-16-8-10-18-39(37)45(40-19-11-9-17-38(40)44)36-20-12-15-33-25-32(21-23-35(33)36)31-13-6-5-7-14-31;1-2/h5-20,22,24-26H,21,23H2,1-4H3;1-2H3. The van der Waals surface area contributed by atoms with Crippen LogP contribution >= 0.6 is 11.3 Å². The summed E-state index contributed by atoms with van der Waals surface area (Å²) in [6.07, 6.45) is 4.51. The topological polar surface area (TPSA) is 0 Å². The first kappa shape index (κ1) is 31.3. The summed E-state index contributed by atoms with van der Waals surface area (Å²) in [6.45, 7) is 13.1. The fourth-order valence-electron chi connectivity index (χ4n) is 8.19. The lowest BCUT2D eigenvalue weighted by molar-refractivity contribution is 1.00. The minimum absolute atomic E-state index is 1.04. The molecule has 8 aromatic rings. The van der Waals surface area contributed by atoms with Crippen molar-refractivity contribution >= 4 is 64.7 Å². The number of hydrogen-bond acceptors (Lipinski definition) is 1. The summed E-state index contributed by atoms with van der Waals surface area (Å²) >= 11 is 1.95. The van der Waals surface area contributed by atoms with E-state index in [2.05, 4.69) is 149 Å². The second-order valence-corrected chi connectivity index (χ2v) is 14.3. The molecule has 1 aliphatic rings. The van der Waals surface area contributed by atoms with Gasteiger partial charge in [0.25, 0.3) is 0 Å². The van der Waals surface area contributed by atoms with Crippen LogP contribution in [0.5, 0.6) is 0 Å². The van der Waals surface area contributed by atoms with E-state index in [4.69, 9.17) is 0 Å². The number of aryl methyl sites for hydroxylation is 2. The summed E-state index contributed by atoms with van der Waals surface area (Å²) in [7, 11) is 0. The van der Waals surface area contributed by atoms with Gasteiger partial charge in [-0.3, -0.25) is 0 Å². The van der Waals surface area contributed by atoms with Crippen LogP contribution in [-0.4, -0.2) is 0 Å². The Labute approximate surface area is 294 Å². The van der Waals surface area contributed by atoms with E-state index in [1.807, 2.05) is 25.2 Å². The van der Waals surface area contributed by atoms with Gasteiger partial charge in [0.2, 0.25) is 0 Å². The lowest BCUT2D eigenvalue weighted by Crippen LogP contribution is -2.02. The molecule has 0 unspecified atom stereocenters. The normalized spacial score (nSPS) is 12.7. The van der Waals surface area contributed by atoms with Gasteiger partial charge in [-0.15, -0.1) is 11.3 Å². The monoisotopic (exact) mass is 650 g/mol. The van der Waals surface area contributed by atoms with Gasteiger partial charge in [0.1, 0.15) is 0 Å². The molecule has 0 N–H and O–H groups in total. The van der Waals surface area contributed by atoms with Crippen LogP contribution in [0.1, 0.15) is 59.2 Å². The molecule has 0 bridgehead atoms. The van der Waals surface area contributed by atoms with E-state index >= 15 is 0 Å². The zero-order chi connectivity index (χ0) is 33.8. The maximum absolute atomic E-state index is 2.46. The van der Waals surface area contributed by atoms with Crippen molar-refractivity contribution in [3.8, 4) is 22.3 Å². The summed E-state index contributed by atoms with van der Waals surface area (Å²) in [5.74, 6) is 0. The molecule has 0 radical (unpaired) electrons. The third-order valence-electron chi connectivity index (χ3n) is 10.9. The Morgan fingerprint density at radius 1 is 0.490 bits per heavy atom. The molecule has 7 aromatic carbocycles. The highest BCUT2D eigenvalue weighted by Gasteiger charge is 2.22. The molecule has 1 heterocycles. The molecule has 240 valence electrons. The van der Waals surface area contributed by atoms with Crippen LogP contribution in [0, 0.1) is 27.7 Å². The zero-order valence-electron chi connectivity index (χ0n) is 29.4. The van der Waals surface area contributed by atoms with Gasteiger partial charge < -0.3 is 0 Å². The Hall–Kier alpha value is -4.98. The van der Waals surface area contributed by atoms with E-state index in [1.54, 1.807) is 0 Å². The van der Waals surface area contributed by atoms with E-state index in [1.165, 1.54) is 108 Å². The van der Waals surface area contributed by atoms with Crippen LogP contribution in [0.3, 0.4) is 0 Å². The SMILES string of the molecule is CC.Cc1c(C)c(C)c2c(sc3cc(-c4c5ccccc5c(-c5cccc6c5CCC(c5ccccc5)=C6)c5ccccc45)ccc32)c1C. The third kappa shape index (κ3) is 4.94. The Kier molecular flexibility index (Phi) is 7.97. The predicted octanol–water partition coefficient (Wildman–Crippen LogP) is 14.4. The Morgan fingerprint density at radius 3 is 1.78 bits per heavy atom. The average Bonchev–Trinajstić information content (AvgIpc) is 3.55. The Morgan fingerprint density at radius 2 is 1.10 bits per heavy atom. The van der Waals surface area contributed by atoms with Gasteiger partial charge in [-0.25, -0.2) is 0 Å². The second kappa shape index (κ2) is 12.5. The molecule has 1 heteroatoms. The van der Waals surface area contributed by atoms with E-state index in [9.17, 15) is 0 Å². The van der Waals surface area contributed by atoms with Crippen LogP contribution in [-0.2, 0) is 6.42 Å². The summed E-state index contributed by atoms with van der Waals surface area (Å²) in [4.78, 5) is 0. The smallest absolute Gasteiger partial charge is 0.0390 e. The third-order valence-corrected chi connectivity index (χ3v) is 12.2. The lowest BCUT2D eigenvalue weighted by atomic mass is 9.80. The number of thiophene rings is 1. The molecule has 9 rings (SSSR count). The Balaban J connectivity index is 0.00000171. The number of allylic oxidation sites excluding steroid dienone is 1. The highest BCUT2D eigenvalue weighted by Crippen LogP contribution is 2.48. The van der Waals surface area contributed by atoms with Crippen LogP contribution in [0.2, 0.25) is 0 Å². The van der Waals surface area contributed by atoms with Gasteiger partial charge in [-0.05, 0) is 135 Å². The minimum Gasteiger partial charge on any atom is -0.135 e. The molecule has 1 aromatic heterocycles. The summed E-state index contributed by atoms with van der Waals surface area (Å²) in [6, 6.07) is 43.1. The zero-order valence-corrected chi connectivity index (χ0v) is 30.2. The molecule has 1 aliphatic carbocycles. The van der Waals surface area contributed by atoms with Crippen molar-refractivity contribution in [2.45, 2.75) is 54.4 Å². The van der Waals surface area contributed by atoms with Crippen LogP contribution in [0.15, 0.2) is 115 Å². The first-order valence-electron chi connectivity index (χ1n) is 17.7. The number of hydrogen-bond donors (Lipinski definition) is 0.